The smallest absolute Gasteiger partial charge is 0.171 e. The van der Waals surface area contributed by atoms with E-state index >= 15 is 0 Å². The molecular weight excluding hydrogens is 166 g/mol. The van der Waals surface area contributed by atoms with Gasteiger partial charge in [-0.05, 0) is 12.1 Å². The van der Waals surface area contributed by atoms with E-state index in [0.717, 1.165) is 0 Å². The van der Waals surface area contributed by atoms with Crippen LogP contribution in [-0.2, 0) is 0 Å². The molecule has 0 atom stereocenters. The van der Waals surface area contributed by atoms with Crippen LogP contribution in [0.5, 0.6) is 5.75 Å². The number of nitrogens with zero attached hydrogens (tertiary/aromatic N) is 1. The van der Waals surface area contributed by atoms with Crippen LogP contribution in [0.2, 0.25) is 0 Å². The van der Waals surface area contributed by atoms with Gasteiger partial charge in [0.15, 0.2) is 5.78 Å². The van der Waals surface area contributed by atoms with Crippen molar-refractivity contribution in [2.75, 3.05) is 6.61 Å². The van der Waals surface area contributed by atoms with Crippen molar-refractivity contribution in [1.29, 1.82) is 5.26 Å². The van der Waals surface area contributed by atoms with Gasteiger partial charge in [-0.3, -0.25) is 4.79 Å². The van der Waals surface area contributed by atoms with Gasteiger partial charge in [-0.15, -0.1) is 0 Å². The maximum atomic E-state index is 11.4. The van der Waals surface area contributed by atoms with E-state index in [4.69, 9.17) is 10.00 Å². The fraction of sp³-hybridized carbons (Fsp3) is 0.200. The summed E-state index contributed by atoms with van der Waals surface area (Å²) in [5.41, 5.74) is 0.846. The van der Waals surface area contributed by atoms with E-state index in [2.05, 4.69) is 0 Å². The standard InChI is InChI=1S/C10H7NO2/c11-6-7-2-1-3-9-10(7)8(12)4-5-13-9/h1-3H,4-5H2. The normalized spacial score (nSPS) is 14.2. The summed E-state index contributed by atoms with van der Waals surface area (Å²) in [5, 5.41) is 8.75. The first-order valence-corrected chi connectivity index (χ1v) is 4.02. The van der Waals surface area contributed by atoms with E-state index in [1.165, 1.54) is 0 Å². The first kappa shape index (κ1) is 7.81. The van der Waals surface area contributed by atoms with Crippen LogP contribution in [0, 0.1) is 11.3 Å². The zero-order valence-electron chi connectivity index (χ0n) is 6.91. The number of fused-ring (bicyclic) bond motifs is 1. The molecule has 0 radical (unpaired) electrons. The SMILES string of the molecule is N#Cc1cccc2c1C(=O)CCO2. The second-order valence-electron chi connectivity index (χ2n) is 2.81. The Kier molecular flexibility index (Phi) is 1.75. The molecular formula is C10H7NO2. The van der Waals surface area contributed by atoms with Crippen LogP contribution < -0.4 is 4.74 Å². The molecule has 13 heavy (non-hydrogen) atoms. The Morgan fingerprint density at radius 1 is 1.46 bits per heavy atom. The van der Waals surface area contributed by atoms with Gasteiger partial charge in [0.25, 0.3) is 0 Å². The molecule has 64 valence electrons. The van der Waals surface area contributed by atoms with Crippen molar-refractivity contribution in [1.82, 2.24) is 0 Å². The van der Waals surface area contributed by atoms with Crippen LogP contribution in [-0.4, -0.2) is 12.4 Å². The minimum Gasteiger partial charge on any atom is -0.492 e. The van der Waals surface area contributed by atoms with Crippen LogP contribution >= 0.6 is 0 Å². The summed E-state index contributed by atoms with van der Waals surface area (Å²) in [5.74, 6) is 0.536. The number of hydrogen-bond donors (Lipinski definition) is 0. The minimum atomic E-state index is -0.00148. The van der Waals surface area contributed by atoms with Crippen molar-refractivity contribution < 1.29 is 9.53 Å². The zero-order chi connectivity index (χ0) is 9.26. The van der Waals surface area contributed by atoms with Crippen molar-refractivity contribution >= 4 is 5.78 Å². The Hall–Kier alpha value is -1.82. The maximum Gasteiger partial charge on any atom is 0.171 e. The summed E-state index contributed by atoms with van der Waals surface area (Å²) in [7, 11) is 0. The summed E-state index contributed by atoms with van der Waals surface area (Å²) in [6.07, 6.45) is 0.367. The first-order valence-electron chi connectivity index (χ1n) is 4.02. The molecule has 1 heterocycles. The fourth-order valence-electron chi connectivity index (χ4n) is 1.41. The quantitative estimate of drug-likeness (QED) is 0.597. The number of benzene rings is 1. The Morgan fingerprint density at radius 3 is 3.08 bits per heavy atom. The number of carbonyl (C=O) groups excluding carboxylic acids is 1. The lowest BCUT2D eigenvalue weighted by molar-refractivity contribution is 0.0933. The number of ketones is 1. The highest BCUT2D eigenvalue weighted by Crippen LogP contribution is 2.26. The molecule has 2 rings (SSSR count). The fourth-order valence-corrected chi connectivity index (χ4v) is 1.41. The lowest BCUT2D eigenvalue weighted by atomic mass is 10.00. The molecule has 0 bridgehead atoms. The maximum absolute atomic E-state index is 11.4. The van der Waals surface area contributed by atoms with Gasteiger partial charge in [-0.25, -0.2) is 0 Å². The number of ether oxygens (including phenoxy) is 1. The summed E-state index contributed by atoms with van der Waals surface area (Å²) >= 11 is 0. The van der Waals surface area contributed by atoms with Gasteiger partial charge < -0.3 is 4.74 Å². The third-order valence-corrected chi connectivity index (χ3v) is 2.01. The molecule has 1 aromatic rings. The van der Waals surface area contributed by atoms with Gasteiger partial charge in [0.1, 0.15) is 11.8 Å². The van der Waals surface area contributed by atoms with Crippen molar-refractivity contribution in [3.05, 3.63) is 29.3 Å². The number of nitriles is 1. The van der Waals surface area contributed by atoms with E-state index in [-0.39, 0.29) is 5.78 Å². The van der Waals surface area contributed by atoms with E-state index in [1.54, 1.807) is 18.2 Å². The summed E-state index contributed by atoms with van der Waals surface area (Å²) < 4.78 is 5.26. The monoisotopic (exact) mass is 173 g/mol. The molecule has 0 aliphatic carbocycles. The largest absolute Gasteiger partial charge is 0.492 e. The first-order chi connectivity index (χ1) is 6.33. The van der Waals surface area contributed by atoms with Crippen molar-refractivity contribution in [2.45, 2.75) is 6.42 Å². The lowest BCUT2D eigenvalue weighted by Gasteiger charge is -2.16. The van der Waals surface area contributed by atoms with Crippen LogP contribution in [0.15, 0.2) is 18.2 Å². The molecule has 1 aromatic carbocycles. The van der Waals surface area contributed by atoms with E-state index in [1.807, 2.05) is 6.07 Å². The average molecular weight is 173 g/mol. The molecule has 0 aromatic heterocycles. The second kappa shape index (κ2) is 2.91. The molecule has 1 aliphatic rings. The van der Waals surface area contributed by atoms with Crippen molar-refractivity contribution in [3.8, 4) is 11.8 Å². The van der Waals surface area contributed by atoms with E-state index < -0.39 is 0 Å². The Balaban J connectivity index is 2.65. The van der Waals surface area contributed by atoms with Gasteiger partial charge in [0.2, 0.25) is 0 Å². The predicted octanol–water partition coefficient (Wildman–Crippen LogP) is 1.52. The average Bonchev–Trinajstić information content (AvgIpc) is 2.17. The topological polar surface area (TPSA) is 50.1 Å². The summed E-state index contributed by atoms with van der Waals surface area (Å²) in [6, 6.07) is 7.05. The highest BCUT2D eigenvalue weighted by atomic mass is 16.5. The summed E-state index contributed by atoms with van der Waals surface area (Å²) in [6.45, 7) is 0.417. The minimum absolute atomic E-state index is 0.00148. The molecule has 0 saturated carbocycles. The van der Waals surface area contributed by atoms with E-state index in [0.29, 0.717) is 29.9 Å². The molecule has 1 aliphatic heterocycles. The van der Waals surface area contributed by atoms with Crippen LogP contribution in [0.25, 0.3) is 0 Å². The lowest BCUT2D eigenvalue weighted by Crippen LogP contribution is -2.16. The van der Waals surface area contributed by atoms with Crippen LogP contribution in [0.3, 0.4) is 0 Å². The summed E-state index contributed by atoms with van der Waals surface area (Å²) in [4.78, 5) is 11.4. The van der Waals surface area contributed by atoms with Gasteiger partial charge in [-0.2, -0.15) is 5.26 Å². The van der Waals surface area contributed by atoms with Crippen molar-refractivity contribution in [2.24, 2.45) is 0 Å². The predicted molar refractivity (Wildman–Crippen MR) is 45.6 cm³/mol. The van der Waals surface area contributed by atoms with Gasteiger partial charge in [0.05, 0.1) is 17.7 Å². The highest BCUT2D eigenvalue weighted by molar-refractivity contribution is 6.01. The Labute approximate surface area is 75.6 Å². The second-order valence-corrected chi connectivity index (χ2v) is 2.81. The third-order valence-electron chi connectivity index (χ3n) is 2.01. The molecule has 0 spiro atoms. The van der Waals surface area contributed by atoms with Gasteiger partial charge in [-0.1, -0.05) is 6.07 Å². The molecule has 0 fully saturated rings. The number of carbonyl (C=O) groups is 1. The molecule has 0 amide bonds. The highest BCUT2D eigenvalue weighted by Gasteiger charge is 2.21. The molecule has 3 nitrogen and oxygen atoms in total. The Bertz CT molecular complexity index is 404. The Morgan fingerprint density at radius 2 is 2.31 bits per heavy atom. The number of Topliss-reactive ketones (excluding diaryl/α,β-unsaturated/α-hetero) is 1. The van der Waals surface area contributed by atoms with Gasteiger partial charge >= 0.3 is 0 Å². The van der Waals surface area contributed by atoms with Crippen molar-refractivity contribution in [3.63, 3.8) is 0 Å². The molecule has 0 unspecified atom stereocenters. The molecule has 0 saturated heterocycles. The van der Waals surface area contributed by atoms with E-state index in [9.17, 15) is 4.79 Å². The van der Waals surface area contributed by atoms with Crippen LogP contribution in [0.4, 0.5) is 0 Å². The number of hydrogen-bond acceptors (Lipinski definition) is 3. The number of rotatable bonds is 0. The van der Waals surface area contributed by atoms with Crippen LogP contribution in [0.1, 0.15) is 22.3 Å². The van der Waals surface area contributed by atoms with Gasteiger partial charge in [0, 0.05) is 6.42 Å². The molecule has 3 heteroatoms. The third kappa shape index (κ3) is 1.17. The zero-order valence-corrected chi connectivity index (χ0v) is 6.91. The molecule has 0 N–H and O–H groups in total.